The molecule has 9 heteroatoms. The Kier molecular flexibility index (Phi) is 4.75. The first kappa shape index (κ1) is 18.7. The second-order valence-electron chi connectivity index (χ2n) is 7.45. The number of pyridine rings is 1. The van der Waals surface area contributed by atoms with Crippen molar-refractivity contribution in [3.63, 3.8) is 0 Å². The lowest BCUT2D eigenvalue weighted by Crippen LogP contribution is -2.38. The second-order valence-corrected chi connectivity index (χ2v) is 7.45. The van der Waals surface area contributed by atoms with Gasteiger partial charge in [0, 0.05) is 24.8 Å². The van der Waals surface area contributed by atoms with E-state index in [1.807, 2.05) is 4.68 Å². The van der Waals surface area contributed by atoms with Crippen molar-refractivity contribution in [2.24, 2.45) is 0 Å². The van der Waals surface area contributed by atoms with Crippen molar-refractivity contribution in [2.45, 2.75) is 31.5 Å². The highest BCUT2D eigenvalue weighted by atomic mass is 19.4. The van der Waals surface area contributed by atoms with Crippen molar-refractivity contribution in [3.05, 3.63) is 29.6 Å². The van der Waals surface area contributed by atoms with E-state index in [2.05, 4.69) is 22.0 Å². The first-order chi connectivity index (χ1) is 13.4. The summed E-state index contributed by atoms with van der Waals surface area (Å²) in [5.41, 5.74) is -0.601. The molecule has 2 saturated heterocycles. The summed E-state index contributed by atoms with van der Waals surface area (Å²) in [5.74, 6) is 0.116. The average Bonchev–Trinajstić information content (AvgIpc) is 3.09. The van der Waals surface area contributed by atoms with Gasteiger partial charge in [-0.15, -0.1) is 0 Å². The van der Waals surface area contributed by atoms with Gasteiger partial charge in [0.1, 0.15) is 17.5 Å². The Morgan fingerprint density at radius 1 is 1.18 bits per heavy atom. The molecule has 0 bridgehead atoms. The molecule has 28 heavy (non-hydrogen) atoms. The van der Waals surface area contributed by atoms with Crippen LogP contribution >= 0.6 is 0 Å². The molecule has 4 heterocycles. The van der Waals surface area contributed by atoms with Crippen LogP contribution < -0.4 is 4.90 Å². The van der Waals surface area contributed by atoms with E-state index >= 15 is 0 Å². The number of aromatic nitrogens is 3. The summed E-state index contributed by atoms with van der Waals surface area (Å²) in [6.07, 6.45) is 1.49. The van der Waals surface area contributed by atoms with Gasteiger partial charge in [-0.3, -0.25) is 4.68 Å². The zero-order valence-corrected chi connectivity index (χ0v) is 15.6. The summed E-state index contributed by atoms with van der Waals surface area (Å²) >= 11 is 0. The smallest absolute Gasteiger partial charge is 0.355 e. The van der Waals surface area contributed by atoms with Crippen molar-refractivity contribution < 1.29 is 13.2 Å². The fourth-order valence-corrected chi connectivity index (χ4v) is 3.70. The Morgan fingerprint density at radius 2 is 1.89 bits per heavy atom. The molecule has 6 nitrogen and oxygen atoms in total. The zero-order valence-electron chi connectivity index (χ0n) is 15.6. The van der Waals surface area contributed by atoms with E-state index in [9.17, 15) is 18.4 Å². The van der Waals surface area contributed by atoms with Gasteiger partial charge in [-0.05, 0) is 45.5 Å². The van der Waals surface area contributed by atoms with Crippen molar-refractivity contribution in [2.75, 3.05) is 38.1 Å². The van der Waals surface area contributed by atoms with Gasteiger partial charge in [0.15, 0.2) is 0 Å². The molecule has 0 aromatic carbocycles. The van der Waals surface area contributed by atoms with Crippen LogP contribution in [0.15, 0.2) is 18.5 Å². The van der Waals surface area contributed by atoms with Gasteiger partial charge >= 0.3 is 6.18 Å². The van der Waals surface area contributed by atoms with Crippen LogP contribution in [-0.4, -0.2) is 52.9 Å². The minimum absolute atomic E-state index is 0.116. The lowest BCUT2D eigenvalue weighted by atomic mass is 10.0. The molecule has 0 radical (unpaired) electrons. The highest BCUT2D eigenvalue weighted by molar-refractivity contribution is 5.68. The summed E-state index contributed by atoms with van der Waals surface area (Å²) in [7, 11) is 2.07. The van der Waals surface area contributed by atoms with E-state index in [0.717, 1.165) is 38.4 Å². The summed E-state index contributed by atoms with van der Waals surface area (Å²) in [6, 6.07) is 2.92. The number of halogens is 3. The minimum Gasteiger partial charge on any atom is -0.355 e. The number of hydrogen-bond acceptors (Lipinski definition) is 5. The number of nitriles is 1. The molecule has 2 aliphatic heterocycles. The maximum absolute atomic E-state index is 13.6. The van der Waals surface area contributed by atoms with Gasteiger partial charge in [-0.1, -0.05) is 0 Å². The fraction of sp³-hybridized carbons (Fsp3) is 0.526. The lowest BCUT2D eigenvalue weighted by Gasteiger charge is -2.33. The van der Waals surface area contributed by atoms with Gasteiger partial charge in [-0.25, -0.2) is 4.98 Å². The van der Waals surface area contributed by atoms with E-state index < -0.39 is 17.3 Å². The van der Waals surface area contributed by atoms with Crippen LogP contribution in [0.2, 0.25) is 0 Å². The van der Waals surface area contributed by atoms with E-state index in [1.54, 1.807) is 23.4 Å². The number of hydrogen-bond donors (Lipinski definition) is 0. The van der Waals surface area contributed by atoms with E-state index in [0.29, 0.717) is 18.7 Å². The fourth-order valence-electron chi connectivity index (χ4n) is 3.70. The second kappa shape index (κ2) is 7.09. The standard InChI is InChI=1S/C19H21F3N6/c1-26-7-3-14(4-8-26)28-12-13(11-24-28)17-9-16(19(20,21)22)15(10-23)18(25-17)27-5-2-6-27/h9,11-12,14H,2-8H2,1H3. The predicted octanol–water partition coefficient (Wildman–Crippen LogP) is 3.31. The molecule has 2 aliphatic rings. The summed E-state index contributed by atoms with van der Waals surface area (Å²) in [6.45, 7) is 3.15. The molecule has 4 rings (SSSR count). The van der Waals surface area contributed by atoms with Crippen LogP contribution in [0.5, 0.6) is 0 Å². The molecule has 0 unspecified atom stereocenters. The molecular weight excluding hydrogens is 369 g/mol. The molecule has 0 atom stereocenters. The maximum Gasteiger partial charge on any atom is 0.417 e. The molecular formula is C19H21F3N6. The first-order valence-corrected chi connectivity index (χ1v) is 9.37. The summed E-state index contributed by atoms with van der Waals surface area (Å²) in [5, 5.41) is 13.7. The molecule has 0 N–H and O–H groups in total. The SMILES string of the molecule is CN1CCC(n2cc(-c3cc(C(F)(F)F)c(C#N)c(N4CCC4)n3)cn2)CC1. The molecule has 2 fully saturated rings. The molecule has 148 valence electrons. The van der Waals surface area contributed by atoms with Crippen LogP contribution in [0.1, 0.15) is 36.4 Å². The van der Waals surface area contributed by atoms with Crippen LogP contribution in [0.3, 0.4) is 0 Å². The van der Waals surface area contributed by atoms with E-state index in [1.165, 1.54) is 0 Å². The lowest BCUT2D eigenvalue weighted by molar-refractivity contribution is -0.137. The third-order valence-corrected chi connectivity index (χ3v) is 5.53. The van der Waals surface area contributed by atoms with Gasteiger partial charge in [0.05, 0.1) is 23.5 Å². The van der Waals surface area contributed by atoms with Crippen molar-refractivity contribution in [1.29, 1.82) is 5.26 Å². The normalized spacial score (nSPS) is 18.8. The largest absolute Gasteiger partial charge is 0.417 e. The number of anilines is 1. The van der Waals surface area contributed by atoms with Crippen molar-refractivity contribution >= 4 is 5.82 Å². The van der Waals surface area contributed by atoms with Gasteiger partial charge < -0.3 is 9.80 Å². The molecule has 0 spiro atoms. The molecule has 0 aliphatic carbocycles. The molecule has 0 amide bonds. The quantitative estimate of drug-likeness (QED) is 0.805. The topological polar surface area (TPSA) is 61.0 Å². The van der Waals surface area contributed by atoms with E-state index in [-0.39, 0.29) is 17.6 Å². The monoisotopic (exact) mass is 390 g/mol. The van der Waals surface area contributed by atoms with Crippen molar-refractivity contribution in [1.82, 2.24) is 19.7 Å². The number of piperidine rings is 1. The van der Waals surface area contributed by atoms with E-state index in [4.69, 9.17) is 0 Å². The maximum atomic E-state index is 13.6. The Hall–Kier alpha value is -2.60. The van der Waals surface area contributed by atoms with Crippen molar-refractivity contribution in [3.8, 4) is 17.3 Å². The highest BCUT2D eigenvalue weighted by Crippen LogP contribution is 2.39. The van der Waals surface area contributed by atoms with Gasteiger partial charge in [-0.2, -0.15) is 23.5 Å². The third-order valence-electron chi connectivity index (χ3n) is 5.53. The Morgan fingerprint density at radius 3 is 2.46 bits per heavy atom. The number of likely N-dealkylation sites (tertiary alicyclic amines) is 1. The highest BCUT2D eigenvalue weighted by Gasteiger charge is 2.37. The molecule has 0 saturated carbocycles. The number of alkyl halides is 3. The molecule has 2 aromatic rings. The van der Waals surface area contributed by atoms with Gasteiger partial charge in [0.25, 0.3) is 0 Å². The Labute approximate surface area is 161 Å². The third kappa shape index (κ3) is 3.44. The average molecular weight is 390 g/mol. The van der Waals surface area contributed by atoms with Crippen LogP contribution in [0.25, 0.3) is 11.3 Å². The first-order valence-electron chi connectivity index (χ1n) is 9.37. The van der Waals surface area contributed by atoms with Crippen LogP contribution in [0, 0.1) is 11.3 Å². The number of nitrogens with zero attached hydrogens (tertiary/aromatic N) is 6. The number of rotatable bonds is 3. The van der Waals surface area contributed by atoms with Gasteiger partial charge in [0.2, 0.25) is 0 Å². The zero-order chi connectivity index (χ0) is 19.9. The van der Waals surface area contributed by atoms with Crippen LogP contribution in [-0.2, 0) is 6.18 Å². The Bertz CT molecular complexity index is 901. The van der Waals surface area contributed by atoms with Crippen LogP contribution in [0.4, 0.5) is 19.0 Å². The molecule has 2 aromatic heterocycles. The summed E-state index contributed by atoms with van der Waals surface area (Å²) < 4.78 is 42.7. The minimum atomic E-state index is -4.62. The predicted molar refractivity (Wildman–Crippen MR) is 97.8 cm³/mol. The Balaban J connectivity index is 1.73. The summed E-state index contributed by atoms with van der Waals surface area (Å²) in [4.78, 5) is 8.39.